The highest BCUT2D eigenvalue weighted by Gasteiger charge is 2.31. The molecule has 1 atom stereocenters. The zero-order valence-corrected chi connectivity index (χ0v) is 15.0. The summed E-state index contributed by atoms with van der Waals surface area (Å²) < 4.78 is 6.32. The van der Waals surface area contributed by atoms with Gasteiger partial charge in [0.25, 0.3) is 0 Å². The molecule has 0 amide bonds. The molecule has 108 valence electrons. The number of ether oxygens (including phenoxy) is 1. The standard InChI is InChI=1S/C14H22BrClN2O/c1-13(2,3)9-8(15)11(16)18-12(17-9)10(19-7)14(4,5)6/h10H,1-7H3. The summed E-state index contributed by atoms with van der Waals surface area (Å²) in [5.41, 5.74) is 0.686. The van der Waals surface area contributed by atoms with Gasteiger partial charge in [-0.3, -0.25) is 0 Å². The Balaban J connectivity index is 3.43. The van der Waals surface area contributed by atoms with Crippen molar-refractivity contribution in [1.82, 2.24) is 9.97 Å². The summed E-state index contributed by atoms with van der Waals surface area (Å²) in [4.78, 5) is 9.04. The van der Waals surface area contributed by atoms with Crippen molar-refractivity contribution in [2.24, 2.45) is 5.41 Å². The Labute approximate surface area is 129 Å². The zero-order valence-electron chi connectivity index (χ0n) is 12.6. The van der Waals surface area contributed by atoms with Crippen LogP contribution in [0.2, 0.25) is 5.15 Å². The smallest absolute Gasteiger partial charge is 0.159 e. The van der Waals surface area contributed by atoms with Crippen molar-refractivity contribution in [3.8, 4) is 0 Å². The minimum atomic E-state index is -0.195. The largest absolute Gasteiger partial charge is 0.373 e. The Morgan fingerprint density at radius 3 is 2.00 bits per heavy atom. The van der Waals surface area contributed by atoms with Crippen LogP contribution in [0.5, 0.6) is 0 Å². The summed E-state index contributed by atoms with van der Waals surface area (Å²) in [5, 5.41) is 0.432. The van der Waals surface area contributed by atoms with E-state index in [4.69, 9.17) is 16.3 Å². The third-order valence-electron chi connectivity index (χ3n) is 2.80. The first kappa shape index (κ1) is 16.9. The van der Waals surface area contributed by atoms with Crippen molar-refractivity contribution in [3.05, 3.63) is 21.1 Å². The molecule has 1 unspecified atom stereocenters. The maximum atomic E-state index is 6.22. The van der Waals surface area contributed by atoms with Gasteiger partial charge in [-0.05, 0) is 21.3 Å². The number of rotatable bonds is 2. The van der Waals surface area contributed by atoms with Crippen molar-refractivity contribution in [2.45, 2.75) is 53.1 Å². The maximum Gasteiger partial charge on any atom is 0.159 e. The van der Waals surface area contributed by atoms with E-state index in [1.807, 2.05) is 0 Å². The van der Waals surface area contributed by atoms with Gasteiger partial charge >= 0.3 is 0 Å². The molecule has 0 saturated carbocycles. The van der Waals surface area contributed by atoms with Gasteiger partial charge < -0.3 is 4.74 Å². The van der Waals surface area contributed by atoms with E-state index in [1.165, 1.54) is 0 Å². The monoisotopic (exact) mass is 348 g/mol. The first-order valence-corrected chi connectivity index (χ1v) is 7.41. The van der Waals surface area contributed by atoms with E-state index in [0.29, 0.717) is 11.0 Å². The molecule has 0 spiro atoms. The van der Waals surface area contributed by atoms with Crippen molar-refractivity contribution < 1.29 is 4.74 Å². The molecule has 1 rings (SSSR count). The molecule has 0 aliphatic carbocycles. The van der Waals surface area contributed by atoms with E-state index in [0.717, 1.165) is 10.2 Å². The fourth-order valence-electron chi connectivity index (χ4n) is 1.90. The number of hydrogen-bond acceptors (Lipinski definition) is 3. The normalized spacial score (nSPS) is 14.6. The van der Waals surface area contributed by atoms with Crippen LogP contribution in [0.15, 0.2) is 4.47 Å². The molecule has 0 bridgehead atoms. The molecule has 1 aromatic rings. The van der Waals surface area contributed by atoms with Gasteiger partial charge in [0.15, 0.2) is 5.82 Å². The SMILES string of the molecule is COC(c1nc(Cl)c(Br)c(C(C)(C)C)n1)C(C)(C)C. The van der Waals surface area contributed by atoms with E-state index in [1.54, 1.807) is 7.11 Å². The lowest BCUT2D eigenvalue weighted by molar-refractivity contribution is 0.00835. The van der Waals surface area contributed by atoms with Crippen molar-refractivity contribution in [1.29, 1.82) is 0 Å². The van der Waals surface area contributed by atoms with Crippen LogP contribution in [0, 0.1) is 5.41 Å². The Morgan fingerprint density at radius 2 is 1.63 bits per heavy atom. The summed E-state index contributed by atoms with van der Waals surface area (Å²) in [6.45, 7) is 12.6. The lowest BCUT2D eigenvalue weighted by Gasteiger charge is -2.29. The molecule has 0 N–H and O–H groups in total. The molecule has 0 aromatic carbocycles. The minimum Gasteiger partial charge on any atom is -0.373 e. The first-order chi connectivity index (χ1) is 8.48. The van der Waals surface area contributed by atoms with Crippen LogP contribution in [-0.2, 0) is 10.2 Å². The Kier molecular flexibility index (Phi) is 5.03. The highest BCUT2D eigenvalue weighted by atomic mass is 79.9. The number of methoxy groups -OCH3 is 1. The average Bonchev–Trinajstić information content (AvgIpc) is 2.20. The van der Waals surface area contributed by atoms with Crippen LogP contribution in [0.25, 0.3) is 0 Å². The summed E-state index contributed by atoms with van der Waals surface area (Å²) in [7, 11) is 1.67. The minimum absolute atomic E-state index is 0.0962. The average molecular weight is 350 g/mol. The van der Waals surface area contributed by atoms with E-state index >= 15 is 0 Å². The summed E-state index contributed by atoms with van der Waals surface area (Å²) in [6.07, 6.45) is -0.195. The summed E-state index contributed by atoms with van der Waals surface area (Å²) in [6, 6.07) is 0. The van der Waals surface area contributed by atoms with Crippen LogP contribution in [0.1, 0.15) is 59.2 Å². The molecule has 1 heterocycles. The van der Waals surface area contributed by atoms with Crippen molar-refractivity contribution in [3.63, 3.8) is 0 Å². The van der Waals surface area contributed by atoms with E-state index < -0.39 is 0 Å². The van der Waals surface area contributed by atoms with E-state index in [-0.39, 0.29) is 16.9 Å². The van der Waals surface area contributed by atoms with Gasteiger partial charge in [0.05, 0.1) is 10.2 Å². The summed E-state index contributed by atoms with van der Waals surface area (Å²) >= 11 is 9.70. The van der Waals surface area contributed by atoms with Crippen molar-refractivity contribution in [2.75, 3.05) is 7.11 Å². The predicted octanol–water partition coefficient (Wildman–Crippen LogP) is 4.92. The number of nitrogens with zero attached hydrogens (tertiary/aromatic N) is 2. The van der Waals surface area contributed by atoms with Crippen LogP contribution >= 0.6 is 27.5 Å². The van der Waals surface area contributed by atoms with Gasteiger partial charge in [-0.1, -0.05) is 53.1 Å². The summed E-state index contributed by atoms with van der Waals surface area (Å²) in [5.74, 6) is 0.633. The maximum absolute atomic E-state index is 6.22. The molecule has 19 heavy (non-hydrogen) atoms. The van der Waals surface area contributed by atoms with Crippen LogP contribution in [0.3, 0.4) is 0 Å². The highest BCUT2D eigenvalue weighted by molar-refractivity contribution is 9.10. The first-order valence-electron chi connectivity index (χ1n) is 6.24. The third kappa shape index (κ3) is 3.89. The Bertz CT molecular complexity index is 464. The molecule has 5 heteroatoms. The Morgan fingerprint density at radius 1 is 1.11 bits per heavy atom. The molecule has 1 aromatic heterocycles. The van der Waals surface area contributed by atoms with Gasteiger partial charge in [0.1, 0.15) is 11.3 Å². The van der Waals surface area contributed by atoms with Gasteiger partial charge in [-0.2, -0.15) is 0 Å². The van der Waals surface area contributed by atoms with Gasteiger partial charge in [-0.25, -0.2) is 9.97 Å². The van der Waals surface area contributed by atoms with Gasteiger partial charge in [0.2, 0.25) is 0 Å². The zero-order chi connectivity index (χ0) is 15.0. The topological polar surface area (TPSA) is 35.0 Å². The number of halogens is 2. The molecule has 0 radical (unpaired) electrons. The van der Waals surface area contributed by atoms with Crippen LogP contribution in [0.4, 0.5) is 0 Å². The number of aromatic nitrogens is 2. The molecule has 0 aliphatic heterocycles. The molecule has 0 fully saturated rings. The second-order valence-electron chi connectivity index (χ2n) is 6.77. The van der Waals surface area contributed by atoms with E-state index in [9.17, 15) is 0 Å². The molecular weight excluding hydrogens is 328 g/mol. The molecule has 0 saturated heterocycles. The predicted molar refractivity (Wildman–Crippen MR) is 82.6 cm³/mol. The van der Waals surface area contributed by atoms with Crippen LogP contribution in [-0.4, -0.2) is 17.1 Å². The van der Waals surface area contributed by atoms with Gasteiger partial charge in [0, 0.05) is 12.5 Å². The quantitative estimate of drug-likeness (QED) is 0.711. The molecule has 0 aliphatic rings. The fraction of sp³-hybridized carbons (Fsp3) is 0.714. The van der Waals surface area contributed by atoms with Crippen molar-refractivity contribution >= 4 is 27.5 Å². The molecule has 3 nitrogen and oxygen atoms in total. The Hall–Kier alpha value is -0.190. The number of hydrogen-bond donors (Lipinski definition) is 0. The second kappa shape index (κ2) is 5.66. The fourth-order valence-corrected chi connectivity index (χ4v) is 2.84. The van der Waals surface area contributed by atoms with Gasteiger partial charge in [-0.15, -0.1) is 0 Å². The lowest BCUT2D eigenvalue weighted by Crippen LogP contribution is -2.25. The van der Waals surface area contributed by atoms with Crippen LogP contribution < -0.4 is 0 Å². The highest BCUT2D eigenvalue weighted by Crippen LogP contribution is 2.38. The molecular formula is C14H22BrClN2O. The van der Waals surface area contributed by atoms with E-state index in [2.05, 4.69) is 67.4 Å². The third-order valence-corrected chi connectivity index (χ3v) is 4.05. The lowest BCUT2D eigenvalue weighted by atomic mass is 9.87. The second-order valence-corrected chi connectivity index (χ2v) is 7.92.